The van der Waals surface area contributed by atoms with E-state index in [1.807, 2.05) is 11.6 Å². The van der Waals surface area contributed by atoms with Crippen molar-refractivity contribution in [3.8, 4) is 0 Å². The van der Waals surface area contributed by atoms with Crippen molar-refractivity contribution < 1.29 is 9.53 Å². The van der Waals surface area contributed by atoms with Crippen LogP contribution in [0.25, 0.3) is 0 Å². The molecule has 1 N–H and O–H groups in total. The van der Waals surface area contributed by atoms with Crippen molar-refractivity contribution in [1.29, 1.82) is 0 Å². The molecule has 2 saturated heterocycles. The van der Waals surface area contributed by atoms with Crippen molar-refractivity contribution in [2.75, 3.05) is 19.6 Å². The maximum Gasteiger partial charge on any atom is 0.249 e. The quantitative estimate of drug-likeness (QED) is 0.896. The standard InChI is InChI=1S/C16H23N3O2S/c20-16(18-8-11-1-2-11)13-7-12-3-5-19(9-14(12)21-13)10-15-17-4-6-22-15/h4,6,11-14H,1-3,5,7-10H2,(H,18,20)/t12-,13+,14+/m1/s1. The minimum absolute atomic E-state index is 0.104. The molecule has 0 radical (unpaired) electrons. The monoisotopic (exact) mass is 321 g/mol. The van der Waals surface area contributed by atoms with Crippen molar-refractivity contribution in [3.05, 3.63) is 16.6 Å². The van der Waals surface area contributed by atoms with Gasteiger partial charge in [0.15, 0.2) is 0 Å². The Labute approximate surface area is 135 Å². The first kappa shape index (κ1) is 14.6. The van der Waals surface area contributed by atoms with Crippen LogP contribution in [0.3, 0.4) is 0 Å². The van der Waals surface area contributed by atoms with Gasteiger partial charge >= 0.3 is 0 Å². The van der Waals surface area contributed by atoms with Gasteiger partial charge in [-0.15, -0.1) is 11.3 Å². The van der Waals surface area contributed by atoms with Crippen molar-refractivity contribution >= 4 is 17.2 Å². The Balaban J connectivity index is 1.28. The number of aromatic nitrogens is 1. The van der Waals surface area contributed by atoms with Crippen molar-refractivity contribution in [1.82, 2.24) is 15.2 Å². The maximum absolute atomic E-state index is 12.2. The van der Waals surface area contributed by atoms with Crippen LogP contribution >= 0.6 is 11.3 Å². The molecule has 3 atom stereocenters. The number of hydrogen-bond donors (Lipinski definition) is 1. The molecule has 4 rings (SSSR count). The summed E-state index contributed by atoms with van der Waals surface area (Å²) in [5.41, 5.74) is 0. The highest BCUT2D eigenvalue weighted by molar-refractivity contribution is 7.09. The van der Waals surface area contributed by atoms with E-state index in [2.05, 4.69) is 15.2 Å². The number of carbonyl (C=O) groups is 1. The molecule has 0 spiro atoms. The first-order valence-electron chi connectivity index (χ1n) is 8.32. The number of nitrogens with zero attached hydrogens (tertiary/aromatic N) is 2. The maximum atomic E-state index is 12.2. The van der Waals surface area contributed by atoms with Crippen LogP contribution < -0.4 is 5.32 Å². The zero-order valence-corrected chi connectivity index (χ0v) is 13.6. The smallest absolute Gasteiger partial charge is 0.249 e. The van der Waals surface area contributed by atoms with E-state index in [0.29, 0.717) is 5.92 Å². The van der Waals surface area contributed by atoms with Crippen LogP contribution in [0.2, 0.25) is 0 Å². The van der Waals surface area contributed by atoms with E-state index < -0.39 is 0 Å². The molecule has 0 bridgehead atoms. The van der Waals surface area contributed by atoms with Gasteiger partial charge in [-0.2, -0.15) is 0 Å². The number of rotatable bonds is 5. The summed E-state index contributed by atoms with van der Waals surface area (Å²) in [6.45, 7) is 3.75. The molecule has 3 aliphatic rings. The molecular formula is C16H23N3O2S. The third-order valence-corrected chi connectivity index (χ3v) is 5.80. The molecule has 1 aromatic heterocycles. The summed E-state index contributed by atoms with van der Waals surface area (Å²) in [6.07, 6.45) is 6.40. The van der Waals surface area contributed by atoms with E-state index in [4.69, 9.17) is 4.74 Å². The topological polar surface area (TPSA) is 54.5 Å². The summed E-state index contributed by atoms with van der Waals surface area (Å²) < 4.78 is 6.06. The van der Waals surface area contributed by atoms with Crippen LogP contribution in [-0.4, -0.2) is 47.6 Å². The molecule has 3 heterocycles. The van der Waals surface area contributed by atoms with Gasteiger partial charge in [0.05, 0.1) is 12.6 Å². The van der Waals surface area contributed by atoms with Crippen LogP contribution in [0.1, 0.15) is 30.7 Å². The third kappa shape index (κ3) is 3.34. The van der Waals surface area contributed by atoms with Gasteiger partial charge in [-0.1, -0.05) is 0 Å². The third-order valence-electron chi connectivity index (χ3n) is 5.03. The van der Waals surface area contributed by atoms with Gasteiger partial charge in [-0.05, 0) is 44.1 Å². The molecule has 2 aliphatic heterocycles. The van der Waals surface area contributed by atoms with Crippen LogP contribution in [0, 0.1) is 11.8 Å². The SMILES string of the molecule is O=C(NCC1CC1)[C@@H]1C[C@H]2CCN(Cc3nccs3)C[C@@H]2O1. The molecule has 22 heavy (non-hydrogen) atoms. The van der Waals surface area contributed by atoms with E-state index in [9.17, 15) is 4.79 Å². The highest BCUT2D eigenvalue weighted by atomic mass is 32.1. The number of carbonyl (C=O) groups excluding carboxylic acids is 1. The molecule has 5 nitrogen and oxygen atoms in total. The Bertz CT molecular complexity index is 517. The lowest BCUT2D eigenvalue weighted by molar-refractivity contribution is -0.132. The van der Waals surface area contributed by atoms with Gasteiger partial charge < -0.3 is 10.1 Å². The van der Waals surface area contributed by atoms with Gasteiger partial charge in [0.25, 0.3) is 0 Å². The molecule has 3 fully saturated rings. The minimum atomic E-state index is -0.228. The van der Waals surface area contributed by atoms with Crippen molar-refractivity contribution in [2.45, 2.75) is 44.4 Å². The second-order valence-electron chi connectivity index (χ2n) is 6.80. The highest BCUT2D eigenvalue weighted by Crippen LogP contribution is 2.34. The minimum Gasteiger partial charge on any atom is -0.364 e. The average molecular weight is 321 g/mol. The second kappa shape index (κ2) is 6.26. The second-order valence-corrected chi connectivity index (χ2v) is 7.78. The fraction of sp³-hybridized carbons (Fsp3) is 0.750. The summed E-state index contributed by atoms with van der Waals surface area (Å²) in [6, 6.07) is 0. The number of nitrogens with one attached hydrogen (secondary N) is 1. The van der Waals surface area contributed by atoms with Gasteiger partial charge in [0.1, 0.15) is 11.1 Å². The van der Waals surface area contributed by atoms with Crippen molar-refractivity contribution in [3.63, 3.8) is 0 Å². The predicted octanol–water partition coefficient (Wildman–Crippen LogP) is 1.65. The first-order valence-corrected chi connectivity index (χ1v) is 9.20. The molecule has 1 aromatic rings. The summed E-state index contributed by atoms with van der Waals surface area (Å²) in [5.74, 6) is 1.37. The lowest BCUT2D eigenvalue weighted by Crippen LogP contribution is -2.42. The van der Waals surface area contributed by atoms with Crippen LogP contribution in [0.15, 0.2) is 11.6 Å². The van der Waals surface area contributed by atoms with Crippen molar-refractivity contribution in [2.24, 2.45) is 11.8 Å². The van der Waals surface area contributed by atoms with Gasteiger partial charge in [-0.25, -0.2) is 4.98 Å². The molecule has 120 valence electrons. The molecule has 1 aliphatic carbocycles. The van der Waals surface area contributed by atoms with E-state index in [1.165, 1.54) is 12.8 Å². The lowest BCUT2D eigenvalue weighted by Gasteiger charge is -2.33. The van der Waals surface area contributed by atoms with Gasteiger partial charge in [0.2, 0.25) is 5.91 Å². The van der Waals surface area contributed by atoms with Crippen LogP contribution in [0.5, 0.6) is 0 Å². The fourth-order valence-corrected chi connectivity index (χ4v) is 4.17. The Morgan fingerprint density at radius 1 is 1.45 bits per heavy atom. The number of hydrogen-bond acceptors (Lipinski definition) is 5. The number of likely N-dealkylation sites (tertiary alicyclic amines) is 1. The number of fused-ring (bicyclic) bond motifs is 1. The van der Waals surface area contributed by atoms with Gasteiger partial charge in [0, 0.05) is 24.7 Å². The largest absolute Gasteiger partial charge is 0.364 e. The van der Waals surface area contributed by atoms with Crippen LogP contribution in [0.4, 0.5) is 0 Å². The number of piperidine rings is 1. The van der Waals surface area contributed by atoms with Crippen LogP contribution in [-0.2, 0) is 16.1 Å². The normalized spacial score (nSPS) is 31.9. The number of amides is 1. The molecule has 0 unspecified atom stereocenters. The molecule has 0 aromatic carbocycles. The first-order chi connectivity index (χ1) is 10.8. The molecule has 1 amide bonds. The average Bonchev–Trinajstić information content (AvgIpc) is 3.03. The Morgan fingerprint density at radius 2 is 2.36 bits per heavy atom. The zero-order valence-electron chi connectivity index (χ0n) is 12.7. The van der Waals surface area contributed by atoms with Gasteiger partial charge in [-0.3, -0.25) is 9.69 Å². The Kier molecular flexibility index (Phi) is 4.15. The summed E-state index contributed by atoms with van der Waals surface area (Å²) in [7, 11) is 0. The predicted molar refractivity (Wildman–Crippen MR) is 84.5 cm³/mol. The fourth-order valence-electron chi connectivity index (χ4n) is 3.51. The molecular weight excluding hydrogens is 298 g/mol. The summed E-state index contributed by atoms with van der Waals surface area (Å²) in [5, 5.41) is 6.24. The van der Waals surface area contributed by atoms with E-state index in [0.717, 1.165) is 49.9 Å². The molecule has 6 heteroatoms. The van der Waals surface area contributed by atoms with E-state index in [1.54, 1.807) is 11.3 Å². The van der Waals surface area contributed by atoms with E-state index >= 15 is 0 Å². The summed E-state index contributed by atoms with van der Waals surface area (Å²) in [4.78, 5) is 19.0. The Morgan fingerprint density at radius 3 is 3.14 bits per heavy atom. The number of thiazole rings is 1. The van der Waals surface area contributed by atoms with E-state index in [-0.39, 0.29) is 18.1 Å². The lowest BCUT2D eigenvalue weighted by atomic mass is 9.91. The number of ether oxygens (including phenoxy) is 1. The zero-order chi connectivity index (χ0) is 14.9. The molecule has 1 saturated carbocycles. The Hall–Kier alpha value is -0.980. The highest BCUT2D eigenvalue weighted by Gasteiger charge is 2.42. The summed E-state index contributed by atoms with van der Waals surface area (Å²) >= 11 is 1.70.